The van der Waals surface area contributed by atoms with E-state index in [9.17, 15) is 0 Å². The molecule has 0 aliphatic carbocycles. The quantitative estimate of drug-likeness (QED) is 0.838. The average molecular weight is 268 g/mol. The van der Waals surface area contributed by atoms with Crippen LogP contribution in [0.4, 0.5) is 0 Å². The molecular formula is C10H10BrN3O. The Morgan fingerprint density at radius 1 is 1.47 bits per heavy atom. The minimum absolute atomic E-state index is 0.429. The van der Waals surface area contributed by atoms with E-state index in [2.05, 4.69) is 26.5 Å². The van der Waals surface area contributed by atoms with E-state index in [4.69, 9.17) is 5.21 Å². The summed E-state index contributed by atoms with van der Waals surface area (Å²) in [5.74, 6) is 0. The largest absolute Gasteiger partial charge is 0.316 e. The standard InChI is InChI=1S/C10H10BrN3O/c11-9-6-8(7-13-15)2-3-10(9)14-5-1-4-12-14/h1-6,13,15H,7H2. The maximum atomic E-state index is 8.58. The van der Waals surface area contributed by atoms with Gasteiger partial charge in [0.2, 0.25) is 0 Å². The van der Waals surface area contributed by atoms with Gasteiger partial charge in [0.15, 0.2) is 0 Å². The highest BCUT2D eigenvalue weighted by Gasteiger charge is 2.03. The molecule has 2 rings (SSSR count). The van der Waals surface area contributed by atoms with Gasteiger partial charge in [-0.3, -0.25) is 0 Å². The topological polar surface area (TPSA) is 50.1 Å². The summed E-state index contributed by atoms with van der Waals surface area (Å²) in [5, 5.41) is 12.7. The van der Waals surface area contributed by atoms with Crippen LogP contribution in [0.15, 0.2) is 41.1 Å². The van der Waals surface area contributed by atoms with Crippen molar-refractivity contribution < 1.29 is 5.21 Å². The number of hydrogen-bond donors (Lipinski definition) is 2. The number of halogens is 1. The molecule has 0 saturated heterocycles. The van der Waals surface area contributed by atoms with E-state index in [0.717, 1.165) is 15.7 Å². The summed E-state index contributed by atoms with van der Waals surface area (Å²) in [6, 6.07) is 7.70. The summed E-state index contributed by atoms with van der Waals surface area (Å²) < 4.78 is 2.72. The molecule has 4 nitrogen and oxygen atoms in total. The van der Waals surface area contributed by atoms with Crippen LogP contribution in [0.1, 0.15) is 5.56 Å². The summed E-state index contributed by atoms with van der Waals surface area (Å²) in [4.78, 5) is 0. The third-order valence-electron chi connectivity index (χ3n) is 2.05. The van der Waals surface area contributed by atoms with Crippen molar-refractivity contribution >= 4 is 15.9 Å². The van der Waals surface area contributed by atoms with E-state index in [1.54, 1.807) is 10.9 Å². The van der Waals surface area contributed by atoms with Crippen molar-refractivity contribution in [1.82, 2.24) is 15.3 Å². The monoisotopic (exact) mass is 267 g/mol. The van der Waals surface area contributed by atoms with Crippen LogP contribution < -0.4 is 5.48 Å². The molecule has 2 N–H and O–H groups in total. The molecule has 15 heavy (non-hydrogen) atoms. The second-order valence-electron chi connectivity index (χ2n) is 3.07. The summed E-state index contributed by atoms with van der Waals surface area (Å²) in [5.41, 5.74) is 4.10. The van der Waals surface area contributed by atoms with Gasteiger partial charge < -0.3 is 5.21 Å². The van der Waals surface area contributed by atoms with Gasteiger partial charge in [-0.05, 0) is 39.7 Å². The Bertz CT molecular complexity index is 442. The van der Waals surface area contributed by atoms with E-state index in [-0.39, 0.29) is 0 Å². The molecule has 0 fully saturated rings. The number of benzene rings is 1. The maximum absolute atomic E-state index is 8.58. The molecule has 0 unspecified atom stereocenters. The van der Waals surface area contributed by atoms with Crippen LogP contribution in [0.5, 0.6) is 0 Å². The molecule has 0 atom stereocenters. The molecular weight excluding hydrogens is 258 g/mol. The van der Waals surface area contributed by atoms with Crippen molar-refractivity contribution in [2.45, 2.75) is 6.54 Å². The zero-order chi connectivity index (χ0) is 10.7. The van der Waals surface area contributed by atoms with Crippen molar-refractivity contribution in [3.63, 3.8) is 0 Å². The molecule has 0 radical (unpaired) electrons. The van der Waals surface area contributed by atoms with Gasteiger partial charge in [0.1, 0.15) is 0 Å². The van der Waals surface area contributed by atoms with Crippen molar-refractivity contribution in [2.75, 3.05) is 0 Å². The third-order valence-corrected chi connectivity index (χ3v) is 2.68. The summed E-state index contributed by atoms with van der Waals surface area (Å²) in [7, 11) is 0. The van der Waals surface area contributed by atoms with Gasteiger partial charge in [0.05, 0.1) is 5.69 Å². The molecule has 0 aliphatic rings. The Morgan fingerprint density at radius 2 is 2.33 bits per heavy atom. The smallest absolute Gasteiger partial charge is 0.0787 e. The molecule has 2 aromatic rings. The number of nitrogens with zero attached hydrogens (tertiary/aromatic N) is 2. The Kier molecular flexibility index (Phi) is 3.15. The zero-order valence-corrected chi connectivity index (χ0v) is 9.48. The van der Waals surface area contributed by atoms with Crippen LogP contribution in [-0.4, -0.2) is 15.0 Å². The number of aromatic nitrogens is 2. The molecule has 5 heteroatoms. The first kappa shape index (κ1) is 10.4. The van der Waals surface area contributed by atoms with Crippen molar-refractivity contribution in [1.29, 1.82) is 0 Å². The molecule has 0 aliphatic heterocycles. The molecule has 0 amide bonds. The summed E-state index contributed by atoms with van der Waals surface area (Å²) >= 11 is 3.47. The van der Waals surface area contributed by atoms with E-state index >= 15 is 0 Å². The average Bonchev–Trinajstić information content (AvgIpc) is 2.71. The van der Waals surface area contributed by atoms with Crippen molar-refractivity contribution in [3.05, 3.63) is 46.7 Å². The predicted octanol–water partition coefficient (Wildman–Crippen LogP) is 2.11. The molecule has 0 spiro atoms. The lowest BCUT2D eigenvalue weighted by molar-refractivity contribution is 0.161. The molecule has 78 valence electrons. The minimum atomic E-state index is 0.429. The van der Waals surface area contributed by atoms with Gasteiger partial charge in [0, 0.05) is 23.4 Å². The fourth-order valence-corrected chi connectivity index (χ4v) is 1.96. The van der Waals surface area contributed by atoms with Gasteiger partial charge >= 0.3 is 0 Å². The van der Waals surface area contributed by atoms with Crippen LogP contribution in [0.2, 0.25) is 0 Å². The van der Waals surface area contributed by atoms with Gasteiger partial charge in [0.25, 0.3) is 0 Å². The predicted molar refractivity (Wildman–Crippen MR) is 59.9 cm³/mol. The highest BCUT2D eigenvalue weighted by atomic mass is 79.9. The molecule has 0 saturated carbocycles. The van der Waals surface area contributed by atoms with Crippen LogP contribution in [0, 0.1) is 0 Å². The van der Waals surface area contributed by atoms with Crippen molar-refractivity contribution in [3.8, 4) is 5.69 Å². The lowest BCUT2D eigenvalue weighted by Crippen LogP contribution is -2.06. The second kappa shape index (κ2) is 4.57. The minimum Gasteiger partial charge on any atom is -0.316 e. The van der Waals surface area contributed by atoms with Gasteiger partial charge in [-0.2, -0.15) is 5.10 Å². The number of hydrogen-bond acceptors (Lipinski definition) is 3. The van der Waals surface area contributed by atoms with E-state index in [1.165, 1.54) is 0 Å². The van der Waals surface area contributed by atoms with E-state index in [1.807, 2.05) is 30.5 Å². The molecule has 1 aromatic carbocycles. The molecule has 1 aromatic heterocycles. The fourth-order valence-electron chi connectivity index (χ4n) is 1.35. The number of nitrogens with one attached hydrogen (secondary N) is 1. The van der Waals surface area contributed by atoms with Gasteiger partial charge in [-0.15, -0.1) is 0 Å². The lowest BCUT2D eigenvalue weighted by Gasteiger charge is -2.06. The normalized spacial score (nSPS) is 10.5. The first-order chi connectivity index (χ1) is 7.31. The Labute approximate surface area is 95.6 Å². The van der Waals surface area contributed by atoms with E-state index in [0.29, 0.717) is 6.54 Å². The zero-order valence-electron chi connectivity index (χ0n) is 7.89. The Balaban J connectivity index is 2.35. The summed E-state index contributed by atoms with van der Waals surface area (Å²) in [6.07, 6.45) is 3.61. The van der Waals surface area contributed by atoms with Crippen LogP contribution in [-0.2, 0) is 6.54 Å². The highest BCUT2D eigenvalue weighted by molar-refractivity contribution is 9.10. The van der Waals surface area contributed by atoms with Gasteiger partial charge in [-0.25, -0.2) is 10.2 Å². The second-order valence-corrected chi connectivity index (χ2v) is 3.93. The number of hydroxylamine groups is 1. The number of rotatable bonds is 3. The molecule has 0 bridgehead atoms. The first-order valence-corrected chi connectivity index (χ1v) is 5.26. The Hall–Kier alpha value is -1.17. The maximum Gasteiger partial charge on any atom is 0.0787 e. The fraction of sp³-hybridized carbons (Fsp3) is 0.100. The van der Waals surface area contributed by atoms with Crippen LogP contribution >= 0.6 is 15.9 Å². The van der Waals surface area contributed by atoms with Crippen LogP contribution in [0.25, 0.3) is 5.69 Å². The third kappa shape index (κ3) is 2.26. The van der Waals surface area contributed by atoms with Crippen molar-refractivity contribution in [2.24, 2.45) is 0 Å². The highest BCUT2D eigenvalue weighted by Crippen LogP contribution is 2.21. The Morgan fingerprint density at radius 3 is 2.93 bits per heavy atom. The van der Waals surface area contributed by atoms with E-state index < -0.39 is 0 Å². The van der Waals surface area contributed by atoms with Gasteiger partial charge in [-0.1, -0.05) is 6.07 Å². The lowest BCUT2D eigenvalue weighted by atomic mass is 10.2. The SMILES string of the molecule is ONCc1ccc(-n2cccn2)c(Br)c1. The molecule has 1 heterocycles. The van der Waals surface area contributed by atoms with Crippen LogP contribution in [0.3, 0.4) is 0 Å². The summed E-state index contributed by atoms with van der Waals surface area (Å²) in [6.45, 7) is 0.429. The first-order valence-electron chi connectivity index (χ1n) is 4.46.